The summed E-state index contributed by atoms with van der Waals surface area (Å²) in [6.45, 7) is 2.74. The van der Waals surface area contributed by atoms with Crippen LogP contribution >= 0.6 is 0 Å². The number of aryl methyl sites for hydroxylation is 2. The van der Waals surface area contributed by atoms with E-state index in [4.69, 9.17) is 0 Å². The van der Waals surface area contributed by atoms with Crippen LogP contribution in [0.4, 0.5) is 5.82 Å². The summed E-state index contributed by atoms with van der Waals surface area (Å²) in [6, 6.07) is 21.2. The predicted octanol–water partition coefficient (Wildman–Crippen LogP) is 3.70. The zero-order valence-electron chi connectivity index (χ0n) is 18.2. The third-order valence-corrected chi connectivity index (χ3v) is 5.19. The van der Waals surface area contributed by atoms with Crippen LogP contribution in [-0.2, 0) is 18.3 Å². The number of rotatable bonds is 8. The van der Waals surface area contributed by atoms with Crippen molar-refractivity contribution in [2.75, 3.05) is 11.9 Å². The van der Waals surface area contributed by atoms with Gasteiger partial charge in [-0.1, -0.05) is 60.2 Å². The third kappa shape index (κ3) is 5.44. The van der Waals surface area contributed by atoms with Crippen molar-refractivity contribution < 1.29 is 4.79 Å². The highest BCUT2D eigenvalue weighted by atomic mass is 16.2. The fraction of sp³-hybridized carbons (Fsp3) is 0.200. The summed E-state index contributed by atoms with van der Waals surface area (Å²) in [7, 11) is 1.85. The summed E-state index contributed by atoms with van der Waals surface area (Å²) in [6.07, 6.45) is 4.42. The van der Waals surface area contributed by atoms with Gasteiger partial charge in [0.25, 0.3) is 0 Å². The second kappa shape index (κ2) is 9.98. The lowest BCUT2D eigenvalue weighted by molar-refractivity contribution is -0.118. The molecule has 0 radical (unpaired) electrons. The van der Waals surface area contributed by atoms with Gasteiger partial charge in [-0.15, -0.1) is 10.2 Å². The van der Waals surface area contributed by atoms with Gasteiger partial charge in [0.2, 0.25) is 5.91 Å². The Morgan fingerprint density at radius 1 is 1.00 bits per heavy atom. The summed E-state index contributed by atoms with van der Waals surface area (Å²) in [4.78, 5) is 13.1. The molecular weight excluding hydrogens is 400 g/mol. The van der Waals surface area contributed by atoms with Crippen LogP contribution in [0.2, 0.25) is 0 Å². The van der Waals surface area contributed by atoms with Crippen LogP contribution in [0.25, 0.3) is 11.3 Å². The first-order valence-electron chi connectivity index (χ1n) is 10.6. The fourth-order valence-corrected chi connectivity index (χ4v) is 3.43. The Bertz CT molecular complexity index is 1150. The van der Waals surface area contributed by atoms with E-state index in [9.17, 15) is 4.79 Å². The van der Waals surface area contributed by atoms with Crippen LogP contribution in [0, 0.1) is 6.92 Å². The van der Waals surface area contributed by atoms with Crippen LogP contribution < -0.4 is 10.6 Å². The van der Waals surface area contributed by atoms with Crippen molar-refractivity contribution in [1.29, 1.82) is 0 Å². The summed E-state index contributed by atoms with van der Waals surface area (Å²) >= 11 is 0. The van der Waals surface area contributed by atoms with E-state index in [1.807, 2.05) is 49.6 Å². The number of nitrogens with one attached hydrogen (secondary N) is 2. The average Bonchev–Trinajstić information content (AvgIpc) is 3.25. The highest BCUT2D eigenvalue weighted by Crippen LogP contribution is 2.18. The van der Waals surface area contributed by atoms with Crippen LogP contribution in [-0.4, -0.2) is 32.4 Å². The number of carbonyl (C=O) groups excluding carboxylic acids is 1. The zero-order valence-corrected chi connectivity index (χ0v) is 18.2. The van der Waals surface area contributed by atoms with Gasteiger partial charge >= 0.3 is 0 Å². The number of hydrogen-bond acceptors (Lipinski definition) is 5. The highest BCUT2D eigenvalue weighted by molar-refractivity contribution is 5.94. The number of hydrogen-bond donors (Lipinski definition) is 2. The number of nitrogens with zero attached hydrogens (tertiary/aromatic N) is 4. The van der Waals surface area contributed by atoms with Crippen molar-refractivity contribution in [2.45, 2.75) is 19.4 Å². The second-order valence-electron chi connectivity index (χ2n) is 7.73. The van der Waals surface area contributed by atoms with Gasteiger partial charge in [-0.2, -0.15) is 5.10 Å². The van der Waals surface area contributed by atoms with E-state index < -0.39 is 6.04 Å². The van der Waals surface area contributed by atoms with Crippen molar-refractivity contribution in [3.05, 3.63) is 95.8 Å². The highest BCUT2D eigenvalue weighted by Gasteiger charge is 2.20. The largest absolute Gasteiger partial charge is 0.308 e. The molecule has 32 heavy (non-hydrogen) atoms. The fourth-order valence-electron chi connectivity index (χ4n) is 3.43. The molecule has 2 heterocycles. The Kier molecular flexibility index (Phi) is 6.67. The minimum Gasteiger partial charge on any atom is -0.308 e. The molecule has 0 bridgehead atoms. The van der Waals surface area contributed by atoms with Crippen LogP contribution in [0.5, 0.6) is 0 Å². The Labute approximate surface area is 187 Å². The lowest BCUT2D eigenvalue weighted by Gasteiger charge is -2.18. The molecule has 7 heteroatoms. The van der Waals surface area contributed by atoms with E-state index in [-0.39, 0.29) is 5.91 Å². The molecule has 0 saturated carbocycles. The molecule has 0 aliphatic rings. The molecule has 1 atom stereocenters. The summed E-state index contributed by atoms with van der Waals surface area (Å²) in [5, 5.41) is 18.8. The molecule has 0 unspecified atom stereocenters. The number of carbonyl (C=O) groups is 1. The molecule has 2 aromatic carbocycles. The van der Waals surface area contributed by atoms with Gasteiger partial charge in [0.05, 0.1) is 11.9 Å². The van der Waals surface area contributed by atoms with Crippen molar-refractivity contribution in [3.8, 4) is 11.3 Å². The zero-order chi connectivity index (χ0) is 22.3. The van der Waals surface area contributed by atoms with Gasteiger partial charge in [-0.3, -0.25) is 9.48 Å². The molecule has 2 aromatic heterocycles. The maximum atomic E-state index is 13.1. The molecule has 0 fully saturated rings. The minimum atomic E-state index is -0.499. The lowest BCUT2D eigenvalue weighted by atomic mass is 10.1. The van der Waals surface area contributed by atoms with Crippen LogP contribution in [0.1, 0.15) is 22.7 Å². The first-order valence-corrected chi connectivity index (χ1v) is 10.6. The quantitative estimate of drug-likeness (QED) is 0.449. The molecule has 7 nitrogen and oxygen atoms in total. The number of anilines is 1. The van der Waals surface area contributed by atoms with E-state index in [1.54, 1.807) is 16.9 Å². The Morgan fingerprint density at radius 3 is 2.44 bits per heavy atom. The molecule has 2 N–H and O–H groups in total. The maximum absolute atomic E-state index is 13.1. The molecule has 1 amide bonds. The first-order chi connectivity index (χ1) is 15.6. The Morgan fingerprint density at radius 2 is 1.78 bits per heavy atom. The minimum absolute atomic E-state index is 0.177. The average molecular weight is 427 g/mol. The molecule has 0 spiro atoms. The molecule has 162 valence electrons. The van der Waals surface area contributed by atoms with Crippen molar-refractivity contribution >= 4 is 11.7 Å². The topological polar surface area (TPSA) is 84.7 Å². The normalized spacial score (nSPS) is 11.8. The van der Waals surface area contributed by atoms with Gasteiger partial charge in [0.15, 0.2) is 5.82 Å². The van der Waals surface area contributed by atoms with Crippen LogP contribution in [0.3, 0.4) is 0 Å². The van der Waals surface area contributed by atoms with Gasteiger partial charge < -0.3 is 10.6 Å². The molecular formula is C25H26N6O. The van der Waals surface area contributed by atoms with E-state index in [0.29, 0.717) is 18.1 Å². The van der Waals surface area contributed by atoms with Crippen molar-refractivity contribution in [3.63, 3.8) is 0 Å². The Hall–Kier alpha value is -3.84. The predicted molar refractivity (Wildman–Crippen MR) is 125 cm³/mol. The maximum Gasteiger partial charge on any atom is 0.247 e. The number of aromatic nitrogens is 4. The monoisotopic (exact) mass is 426 g/mol. The Balaban J connectivity index is 1.43. The molecule has 4 rings (SSSR count). The van der Waals surface area contributed by atoms with Crippen LogP contribution in [0.15, 0.2) is 79.1 Å². The standard InChI is InChI=1S/C25H26N6O/c1-18-8-10-19(11-9-18)14-15-26-24(20-6-4-3-5-7-20)25(32)28-23-13-12-22(29-30-23)21-16-27-31(2)17-21/h3-13,16-17,24,26H,14-15H2,1-2H3,(H,28,30,32)/t24-/m0/s1. The van der Waals surface area contributed by atoms with Crippen molar-refractivity contribution in [2.24, 2.45) is 7.05 Å². The van der Waals surface area contributed by atoms with Crippen molar-refractivity contribution in [1.82, 2.24) is 25.3 Å². The summed E-state index contributed by atoms with van der Waals surface area (Å²) in [5.74, 6) is 0.229. The molecule has 0 saturated heterocycles. The summed E-state index contributed by atoms with van der Waals surface area (Å²) < 4.78 is 1.71. The molecule has 4 aromatic rings. The van der Waals surface area contributed by atoms with Gasteiger partial charge in [0.1, 0.15) is 6.04 Å². The molecule has 0 aliphatic carbocycles. The van der Waals surface area contributed by atoms with Gasteiger partial charge in [-0.05, 0) is 36.6 Å². The molecule has 0 aliphatic heterocycles. The summed E-state index contributed by atoms with van der Waals surface area (Å²) in [5.41, 5.74) is 4.93. The van der Waals surface area contributed by atoms with Gasteiger partial charge in [0, 0.05) is 25.4 Å². The lowest BCUT2D eigenvalue weighted by Crippen LogP contribution is -2.34. The SMILES string of the molecule is Cc1ccc(CCN[C@H](C(=O)Nc2ccc(-c3cnn(C)c3)nn2)c2ccccc2)cc1. The first kappa shape index (κ1) is 21.4. The van der Waals surface area contributed by atoms with E-state index in [0.717, 1.165) is 17.5 Å². The van der Waals surface area contributed by atoms with E-state index >= 15 is 0 Å². The second-order valence-corrected chi connectivity index (χ2v) is 7.73. The van der Waals surface area contributed by atoms with Gasteiger partial charge in [-0.25, -0.2) is 0 Å². The smallest absolute Gasteiger partial charge is 0.247 e. The van der Waals surface area contributed by atoms with E-state index in [1.165, 1.54) is 11.1 Å². The number of benzene rings is 2. The number of amides is 1. The third-order valence-electron chi connectivity index (χ3n) is 5.19. The van der Waals surface area contributed by atoms with E-state index in [2.05, 4.69) is 57.1 Å².